The lowest BCUT2D eigenvalue weighted by molar-refractivity contribution is -0.136. The maximum absolute atomic E-state index is 13.8. The van der Waals surface area contributed by atoms with Gasteiger partial charge in [-0.25, -0.2) is 0 Å². The average Bonchev–Trinajstić information content (AvgIpc) is 3.85. The van der Waals surface area contributed by atoms with Crippen molar-refractivity contribution in [1.29, 1.82) is 5.26 Å². The van der Waals surface area contributed by atoms with Gasteiger partial charge in [-0.1, -0.05) is 23.4 Å². The fourth-order valence-electron chi connectivity index (χ4n) is 9.45. The number of piperidine rings is 1. The van der Waals surface area contributed by atoms with Crippen molar-refractivity contribution in [3.8, 4) is 23.7 Å². The summed E-state index contributed by atoms with van der Waals surface area (Å²) in [7, 11) is 0. The summed E-state index contributed by atoms with van der Waals surface area (Å²) in [6, 6.07) is 17.6. The van der Waals surface area contributed by atoms with Crippen molar-refractivity contribution >= 4 is 41.1 Å². The van der Waals surface area contributed by atoms with Gasteiger partial charge in [-0.15, -0.1) is 0 Å². The van der Waals surface area contributed by atoms with Crippen molar-refractivity contribution in [2.45, 2.75) is 109 Å². The summed E-state index contributed by atoms with van der Waals surface area (Å²) < 4.78 is 6.12. The van der Waals surface area contributed by atoms with Gasteiger partial charge in [-0.3, -0.25) is 39.1 Å². The van der Waals surface area contributed by atoms with Gasteiger partial charge in [0.15, 0.2) is 0 Å². The number of hydrogen-bond acceptors (Lipinski definition) is 8. The SMILES string of the molecule is CC(CC1CCC(C)N1C(=O)c1ccc(C#CC2CCC(CN3Cc4cc5c(cc4C3)C(=O)N(C3CCC(=O)NC3=O)C5=O)CC2)cc1)Oc1ccc(C#N)c(Cl)c1. The van der Waals surface area contributed by atoms with Crippen LogP contribution in [0.2, 0.25) is 5.02 Å². The first-order chi connectivity index (χ1) is 27.9. The van der Waals surface area contributed by atoms with Crippen LogP contribution in [0.4, 0.5) is 0 Å². The molecule has 8 rings (SSSR count). The van der Waals surface area contributed by atoms with Crippen molar-refractivity contribution in [3.63, 3.8) is 0 Å². The van der Waals surface area contributed by atoms with Gasteiger partial charge in [-0.2, -0.15) is 5.26 Å². The summed E-state index contributed by atoms with van der Waals surface area (Å²) in [5, 5.41) is 11.8. The van der Waals surface area contributed by atoms with Crippen molar-refractivity contribution in [2.75, 3.05) is 6.54 Å². The third kappa shape index (κ3) is 7.99. The van der Waals surface area contributed by atoms with Crippen LogP contribution >= 0.6 is 11.6 Å². The van der Waals surface area contributed by atoms with Crippen molar-refractivity contribution < 1.29 is 28.7 Å². The zero-order valence-electron chi connectivity index (χ0n) is 32.8. The molecular weight excluding hydrogens is 754 g/mol. The minimum absolute atomic E-state index is 0.0186. The van der Waals surface area contributed by atoms with E-state index >= 15 is 0 Å². The molecular formula is C46H46ClN5O6. The van der Waals surface area contributed by atoms with Gasteiger partial charge in [0.1, 0.15) is 17.9 Å². The van der Waals surface area contributed by atoms with Crippen LogP contribution in [0.3, 0.4) is 0 Å². The Labute approximate surface area is 343 Å². The number of carbonyl (C=O) groups excluding carboxylic acids is 5. The van der Waals surface area contributed by atoms with Gasteiger partial charge in [0.25, 0.3) is 17.7 Å². The summed E-state index contributed by atoms with van der Waals surface area (Å²) in [4.78, 5) is 69.8. The molecule has 11 nitrogen and oxygen atoms in total. The molecule has 58 heavy (non-hydrogen) atoms. The molecule has 0 radical (unpaired) electrons. The molecule has 3 aromatic carbocycles. The van der Waals surface area contributed by atoms with E-state index < -0.39 is 23.8 Å². The normalized spacial score (nSPS) is 24.8. The van der Waals surface area contributed by atoms with E-state index in [4.69, 9.17) is 21.6 Å². The molecule has 0 bridgehead atoms. The molecule has 1 N–H and O–H groups in total. The lowest BCUT2D eigenvalue weighted by Gasteiger charge is -2.30. The van der Waals surface area contributed by atoms with Gasteiger partial charge >= 0.3 is 0 Å². The van der Waals surface area contributed by atoms with Crippen molar-refractivity contribution in [1.82, 2.24) is 20.0 Å². The Bertz CT molecular complexity index is 2240. The Hall–Kier alpha value is -5.49. The van der Waals surface area contributed by atoms with Crippen LogP contribution in [-0.4, -0.2) is 75.0 Å². The molecule has 2 saturated heterocycles. The second kappa shape index (κ2) is 16.4. The summed E-state index contributed by atoms with van der Waals surface area (Å²) in [6.45, 7) is 6.45. The number of ether oxygens (including phenoxy) is 1. The van der Waals surface area contributed by atoms with E-state index in [2.05, 4.69) is 35.1 Å². The number of nitrogens with zero attached hydrogens (tertiary/aromatic N) is 4. The molecule has 5 aliphatic rings. The number of nitriles is 1. The highest BCUT2D eigenvalue weighted by molar-refractivity contribution is 6.31. The molecule has 4 atom stereocenters. The predicted molar refractivity (Wildman–Crippen MR) is 216 cm³/mol. The molecule has 1 aliphatic carbocycles. The maximum Gasteiger partial charge on any atom is 0.262 e. The number of nitrogens with one attached hydrogen (secondary N) is 1. The average molecular weight is 800 g/mol. The highest BCUT2D eigenvalue weighted by Crippen LogP contribution is 2.36. The highest BCUT2D eigenvalue weighted by Gasteiger charge is 2.45. The van der Waals surface area contributed by atoms with Crippen LogP contribution in [0.15, 0.2) is 54.6 Å². The number of imide groups is 2. The van der Waals surface area contributed by atoms with Crippen LogP contribution < -0.4 is 10.1 Å². The fraction of sp³-hybridized carbons (Fsp3) is 0.435. The number of halogens is 1. The van der Waals surface area contributed by atoms with Crippen LogP contribution in [0, 0.1) is 35.0 Å². The van der Waals surface area contributed by atoms with Crippen LogP contribution in [0.1, 0.15) is 125 Å². The number of rotatable bonds is 8. The number of amides is 5. The van der Waals surface area contributed by atoms with E-state index in [1.807, 2.05) is 48.2 Å². The Morgan fingerprint density at radius 3 is 2.24 bits per heavy atom. The Balaban J connectivity index is 0.805. The summed E-state index contributed by atoms with van der Waals surface area (Å²) in [5.41, 5.74) is 4.71. The van der Waals surface area contributed by atoms with Crippen molar-refractivity contribution in [2.24, 2.45) is 11.8 Å². The number of carbonyl (C=O) groups is 5. The van der Waals surface area contributed by atoms with Gasteiger partial charge in [0, 0.05) is 67.7 Å². The zero-order chi connectivity index (χ0) is 40.7. The van der Waals surface area contributed by atoms with E-state index in [1.165, 1.54) is 0 Å². The smallest absolute Gasteiger partial charge is 0.262 e. The van der Waals surface area contributed by atoms with E-state index in [1.54, 1.807) is 18.2 Å². The topological polar surface area (TPSA) is 140 Å². The monoisotopic (exact) mass is 799 g/mol. The first-order valence-corrected chi connectivity index (χ1v) is 20.7. The molecule has 0 aromatic heterocycles. The number of hydrogen-bond donors (Lipinski definition) is 1. The van der Waals surface area contributed by atoms with Gasteiger partial charge in [-0.05, 0) is 124 Å². The molecule has 4 aliphatic heterocycles. The summed E-state index contributed by atoms with van der Waals surface area (Å²) in [5.74, 6) is 6.41. The lowest BCUT2D eigenvalue weighted by Crippen LogP contribution is -2.54. The molecule has 4 unspecified atom stereocenters. The standard InChI is InChI=1S/C46H46ClN5O6/c1-27-3-15-36(19-28(2)58-37-16-14-33(23-48)40(47)22-37)51(27)44(55)32-12-10-30(11-13-32)5-4-29-6-8-31(9-7-29)24-50-25-34-20-38-39(21-35(34)26-50)46(57)52(45(38)56)41-17-18-42(53)49-43(41)54/h10-14,16,20-22,27-29,31,36,41H,3,6-9,15,17-19,24-26H2,1-2H3,(H,49,53,54). The fourth-order valence-corrected chi connectivity index (χ4v) is 9.66. The predicted octanol–water partition coefficient (Wildman–Crippen LogP) is 6.64. The number of benzene rings is 3. The van der Waals surface area contributed by atoms with E-state index in [9.17, 15) is 24.0 Å². The quantitative estimate of drug-likeness (QED) is 0.198. The maximum atomic E-state index is 13.8. The molecule has 3 aromatic rings. The van der Waals surface area contributed by atoms with E-state index in [0.29, 0.717) is 64.4 Å². The minimum atomic E-state index is -0.961. The zero-order valence-corrected chi connectivity index (χ0v) is 33.5. The van der Waals surface area contributed by atoms with Crippen LogP contribution in [-0.2, 0) is 22.7 Å². The highest BCUT2D eigenvalue weighted by atomic mass is 35.5. The van der Waals surface area contributed by atoms with Gasteiger partial charge < -0.3 is 9.64 Å². The summed E-state index contributed by atoms with van der Waals surface area (Å²) in [6.07, 6.45) is 6.83. The Kier molecular flexibility index (Phi) is 11.1. The van der Waals surface area contributed by atoms with Crippen molar-refractivity contribution in [3.05, 3.63) is 98.6 Å². The van der Waals surface area contributed by atoms with E-state index in [0.717, 1.165) is 66.7 Å². The summed E-state index contributed by atoms with van der Waals surface area (Å²) >= 11 is 6.20. The third-order valence-electron chi connectivity index (χ3n) is 12.5. The minimum Gasteiger partial charge on any atom is -0.491 e. The number of likely N-dealkylation sites (tertiary alicyclic amines) is 1. The van der Waals surface area contributed by atoms with Crippen LogP contribution in [0.25, 0.3) is 0 Å². The Morgan fingerprint density at radius 2 is 1.60 bits per heavy atom. The second-order valence-electron chi connectivity index (χ2n) is 16.6. The Morgan fingerprint density at radius 1 is 0.914 bits per heavy atom. The molecule has 1 saturated carbocycles. The molecule has 12 heteroatoms. The molecule has 298 valence electrons. The third-order valence-corrected chi connectivity index (χ3v) is 12.8. The van der Waals surface area contributed by atoms with Gasteiger partial charge in [0.2, 0.25) is 11.8 Å². The van der Waals surface area contributed by atoms with E-state index in [-0.39, 0.29) is 42.8 Å². The second-order valence-corrected chi connectivity index (χ2v) is 17.0. The van der Waals surface area contributed by atoms with Gasteiger partial charge in [0.05, 0.1) is 27.8 Å². The largest absolute Gasteiger partial charge is 0.491 e. The lowest BCUT2D eigenvalue weighted by atomic mass is 9.82. The first kappa shape index (κ1) is 39.3. The first-order valence-electron chi connectivity index (χ1n) is 20.4. The molecule has 3 fully saturated rings. The molecule has 4 heterocycles. The number of fused-ring (bicyclic) bond motifs is 2. The van der Waals surface area contributed by atoms with Crippen LogP contribution in [0.5, 0.6) is 5.75 Å². The molecule has 0 spiro atoms. The molecule has 5 amide bonds.